The van der Waals surface area contributed by atoms with Gasteiger partial charge in [0.25, 0.3) is 0 Å². The molecule has 0 aromatic carbocycles. The number of carboxylic acid groups (broad SMARTS) is 1. The molecule has 0 aliphatic carbocycles. The third-order valence-corrected chi connectivity index (χ3v) is 3.64. The van der Waals surface area contributed by atoms with E-state index in [0.717, 1.165) is 25.9 Å². The van der Waals surface area contributed by atoms with Crippen LogP contribution in [0.5, 0.6) is 0 Å². The van der Waals surface area contributed by atoms with Crippen LogP contribution in [0, 0.1) is 0 Å². The summed E-state index contributed by atoms with van der Waals surface area (Å²) >= 11 is 0. The van der Waals surface area contributed by atoms with E-state index in [2.05, 4.69) is 10.3 Å². The summed E-state index contributed by atoms with van der Waals surface area (Å²) in [6.07, 6.45) is 8.71. The van der Waals surface area contributed by atoms with Crippen LogP contribution < -0.4 is 5.32 Å². The first-order valence-electron chi connectivity index (χ1n) is 7.44. The van der Waals surface area contributed by atoms with Crippen LogP contribution in [0.15, 0.2) is 12.5 Å². The Morgan fingerprint density at radius 2 is 1.86 bits per heavy atom. The first-order valence-corrected chi connectivity index (χ1v) is 7.44. The third kappa shape index (κ3) is 4.77. The highest BCUT2D eigenvalue weighted by atomic mass is 16.4. The van der Waals surface area contributed by atoms with Gasteiger partial charge in [0, 0.05) is 32.4 Å². The molecule has 0 saturated carbocycles. The van der Waals surface area contributed by atoms with Gasteiger partial charge >= 0.3 is 12.0 Å². The number of carboxylic acids is 1. The van der Waals surface area contributed by atoms with E-state index >= 15 is 0 Å². The number of imidazole rings is 1. The minimum atomic E-state index is -1.04. The quantitative estimate of drug-likeness (QED) is 0.882. The highest BCUT2D eigenvalue weighted by molar-refractivity contribution is 5.84. The molecule has 2 rings (SSSR count). The van der Waals surface area contributed by atoms with Crippen LogP contribution in [-0.2, 0) is 6.54 Å². The van der Waals surface area contributed by atoms with Gasteiger partial charge < -0.3 is 19.9 Å². The summed E-state index contributed by atoms with van der Waals surface area (Å²) in [7, 11) is 0. The maximum absolute atomic E-state index is 12.1. The zero-order chi connectivity index (χ0) is 15.1. The Balaban J connectivity index is 1.73. The zero-order valence-electron chi connectivity index (χ0n) is 12.1. The van der Waals surface area contributed by atoms with Crippen LogP contribution in [0.3, 0.4) is 0 Å². The molecule has 1 aliphatic rings. The summed E-state index contributed by atoms with van der Waals surface area (Å²) in [4.78, 5) is 28.4. The van der Waals surface area contributed by atoms with Crippen LogP contribution in [0.1, 0.15) is 42.6 Å². The zero-order valence-corrected chi connectivity index (χ0v) is 12.1. The fourth-order valence-electron chi connectivity index (χ4n) is 2.45. The molecule has 1 aromatic rings. The van der Waals surface area contributed by atoms with Gasteiger partial charge in [-0.15, -0.1) is 0 Å². The number of nitrogens with zero attached hydrogens (tertiary/aromatic N) is 3. The number of carbonyl (C=O) groups is 2. The van der Waals surface area contributed by atoms with Gasteiger partial charge in [-0.3, -0.25) is 0 Å². The highest BCUT2D eigenvalue weighted by Gasteiger charge is 2.14. The molecule has 7 heteroatoms. The minimum Gasteiger partial charge on any atom is -0.476 e. The van der Waals surface area contributed by atoms with Crippen molar-refractivity contribution < 1.29 is 14.7 Å². The Hall–Kier alpha value is -2.05. The predicted molar refractivity (Wildman–Crippen MR) is 77.2 cm³/mol. The van der Waals surface area contributed by atoms with Crippen LogP contribution in [0.4, 0.5) is 4.79 Å². The lowest BCUT2D eigenvalue weighted by Gasteiger charge is -2.25. The first-order chi connectivity index (χ1) is 10.2. The number of likely N-dealkylation sites (tertiary alicyclic amines) is 1. The molecule has 116 valence electrons. The molecule has 1 fully saturated rings. The maximum atomic E-state index is 12.1. The average Bonchev–Trinajstić information content (AvgIpc) is 2.87. The molecular formula is C14H22N4O3. The fourth-order valence-corrected chi connectivity index (χ4v) is 2.45. The molecule has 2 N–H and O–H groups in total. The number of urea groups is 1. The molecule has 1 aromatic heterocycles. The lowest BCUT2D eigenvalue weighted by Crippen LogP contribution is -2.42. The number of nitrogens with one attached hydrogen (secondary N) is 1. The Morgan fingerprint density at radius 3 is 2.48 bits per heavy atom. The number of rotatable bonds is 4. The molecule has 0 unspecified atom stereocenters. The maximum Gasteiger partial charge on any atom is 0.356 e. The SMILES string of the molecule is O=C(O)c1cn(CCNC(=O)N2CCCCCCC2)cn1. The van der Waals surface area contributed by atoms with Crippen molar-refractivity contribution >= 4 is 12.0 Å². The van der Waals surface area contributed by atoms with Crippen molar-refractivity contribution in [1.29, 1.82) is 0 Å². The van der Waals surface area contributed by atoms with Gasteiger partial charge in [-0.05, 0) is 12.8 Å². The van der Waals surface area contributed by atoms with Gasteiger partial charge in [-0.2, -0.15) is 0 Å². The van der Waals surface area contributed by atoms with E-state index in [1.807, 2.05) is 4.90 Å². The number of hydrogen-bond donors (Lipinski definition) is 2. The summed E-state index contributed by atoms with van der Waals surface area (Å²) in [5.41, 5.74) is 0.0186. The number of amides is 2. The van der Waals surface area contributed by atoms with Gasteiger partial charge in [0.15, 0.2) is 5.69 Å². The molecule has 2 heterocycles. The van der Waals surface area contributed by atoms with E-state index in [1.165, 1.54) is 31.8 Å². The molecule has 0 bridgehead atoms. The van der Waals surface area contributed by atoms with Crippen LogP contribution in [0.2, 0.25) is 0 Å². The van der Waals surface area contributed by atoms with Crippen molar-refractivity contribution in [1.82, 2.24) is 19.8 Å². The van der Waals surface area contributed by atoms with Crippen molar-refractivity contribution in [2.24, 2.45) is 0 Å². The number of carbonyl (C=O) groups excluding carboxylic acids is 1. The van der Waals surface area contributed by atoms with Crippen molar-refractivity contribution in [3.05, 3.63) is 18.2 Å². The number of aromatic nitrogens is 2. The minimum absolute atomic E-state index is 0.0186. The molecule has 1 saturated heterocycles. The monoisotopic (exact) mass is 294 g/mol. The smallest absolute Gasteiger partial charge is 0.356 e. The Morgan fingerprint density at radius 1 is 1.19 bits per heavy atom. The lowest BCUT2D eigenvalue weighted by atomic mass is 10.1. The molecule has 7 nitrogen and oxygen atoms in total. The van der Waals surface area contributed by atoms with E-state index in [4.69, 9.17) is 5.11 Å². The van der Waals surface area contributed by atoms with Crippen LogP contribution in [0.25, 0.3) is 0 Å². The second kappa shape index (κ2) is 7.66. The molecular weight excluding hydrogens is 272 g/mol. The molecule has 0 atom stereocenters. The Bertz CT molecular complexity index is 478. The van der Waals surface area contributed by atoms with Crippen molar-refractivity contribution in [2.75, 3.05) is 19.6 Å². The molecule has 1 aliphatic heterocycles. The van der Waals surface area contributed by atoms with Gasteiger partial charge in [0.2, 0.25) is 0 Å². The molecule has 21 heavy (non-hydrogen) atoms. The molecule has 0 spiro atoms. The largest absolute Gasteiger partial charge is 0.476 e. The van der Waals surface area contributed by atoms with E-state index in [-0.39, 0.29) is 11.7 Å². The van der Waals surface area contributed by atoms with Crippen molar-refractivity contribution in [3.8, 4) is 0 Å². The van der Waals surface area contributed by atoms with Gasteiger partial charge in [0.05, 0.1) is 6.33 Å². The summed E-state index contributed by atoms with van der Waals surface area (Å²) < 4.78 is 1.66. The topological polar surface area (TPSA) is 87.5 Å². The lowest BCUT2D eigenvalue weighted by molar-refractivity contribution is 0.0691. The second-order valence-electron chi connectivity index (χ2n) is 5.29. The van der Waals surface area contributed by atoms with E-state index in [9.17, 15) is 9.59 Å². The predicted octanol–water partition coefficient (Wildman–Crippen LogP) is 1.56. The van der Waals surface area contributed by atoms with Crippen molar-refractivity contribution in [3.63, 3.8) is 0 Å². The number of aromatic carboxylic acids is 1. The van der Waals surface area contributed by atoms with E-state index < -0.39 is 5.97 Å². The Kier molecular flexibility index (Phi) is 5.59. The van der Waals surface area contributed by atoms with Gasteiger partial charge in [-0.1, -0.05) is 19.3 Å². The normalized spacial score (nSPS) is 16.1. The second-order valence-corrected chi connectivity index (χ2v) is 5.29. The van der Waals surface area contributed by atoms with Crippen molar-refractivity contribution in [2.45, 2.75) is 38.6 Å². The molecule has 0 radical (unpaired) electrons. The van der Waals surface area contributed by atoms with Crippen LogP contribution >= 0.6 is 0 Å². The third-order valence-electron chi connectivity index (χ3n) is 3.64. The fraction of sp³-hybridized carbons (Fsp3) is 0.643. The summed E-state index contributed by atoms with van der Waals surface area (Å²) in [5, 5.41) is 11.7. The molecule has 2 amide bonds. The van der Waals surface area contributed by atoms with Crippen LogP contribution in [-0.4, -0.2) is 51.2 Å². The standard InChI is InChI=1S/C14H22N4O3/c19-13(20)12-10-17(11-16-12)9-6-15-14(21)18-7-4-2-1-3-5-8-18/h10-11H,1-9H2,(H,15,21)(H,19,20). The first kappa shape index (κ1) is 15.3. The van der Waals surface area contributed by atoms with Gasteiger partial charge in [-0.25, -0.2) is 14.6 Å². The Labute approximate surface area is 124 Å². The summed E-state index contributed by atoms with van der Waals surface area (Å²) in [5.74, 6) is -1.04. The summed E-state index contributed by atoms with van der Waals surface area (Å²) in [6, 6.07) is -0.0320. The highest BCUT2D eigenvalue weighted by Crippen LogP contribution is 2.10. The van der Waals surface area contributed by atoms with E-state index in [0.29, 0.717) is 13.1 Å². The average molecular weight is 294 g/mol. The number of hydrogen-bond acceptors (Lipinski definition) is 3. The van der Waals surface area contributed by atoms with Gasteiger partial charge in [0.1, 0.15) is 0 Å². The van der Waals surface area contributed by atoms with E-state index in [1.54, 1.807) is 4.57 Å². The summed E-state index contributed by atoms with van der Waals surface area (Å²) in [6.45, 7) is 2.62.